The molecule has 0 saturated heterocycles. The number of carbonyl (C=O) groups excluding carboxylic acids is 2. The molecule has 6 nitrogen and oxygen atoms in total. The predicted molar refractivity (Wildman–Crippen MR) is 82.1 cm³/mol. The molecule has 1 atom stereocenters. The second kappa shape index (κ2) is 9.55. The fraction of sp³-hybridized carbons (Fsp3) is 0.438. The number of carboxylic acids is 1. The van der Waals surface area contributed by atoms with E-state index in [1.807, 2.05) is 13.0 Å². The third-order valence-electron chi connectivity index (χ3n) is 3.10. The monoisotopic (exact) mass is 306 g/mol. The molecule has 0 aromatic heterocycles. The normalized spacial score (nSPS) is 11.5. The molecule has 0 aliphatic carbocycles. The van der Waals surface area contributed by atoms with E-state index in [1.165, 1.54) is 0 Å². The topological polar surface area (TPSA) is 95.5 Å². The van der Waals surface area contributed by atoms with Crippen LogP contribution in [0.4, 0.5) is 0 Å². The summed E-state index contributed by atoms with van der Waals surface area (Å²) in [7, 11) is 0. The number of hydrogen-bond donors (Lipinski definition) is 3. The highest BCUT2D eigenvalue weighted by molar-refractivity contribution is 5.79. The highest BCUT2D eigenvalue weighted by Crippen LogP contribution is 2.16. The van der Waals surface area contributed by atoms with Crippen LogP contribution in [-0.2, 0) is 14.4 Å². The van der Waals surface area contributed by atoms with Crippen LogP contribution in [-0.4, -0.2) is 29.4 Å². The van der Waals surface area contributed by atoms with Crippen molar-refractivity contribution in [2.24, 2.45) is 0 Å². The quantitative estimate of drug-likeness (QED) is 0.646. The van der Waals surface area contributed by atoms with E-state index in [-0.39, 0.29) is 31.1 Å². The van der Waals surface area contributed by atoms with E-state index in [2.05, 4.69) is 10.6 Å². The number of hydrogen-bond acceptors (Lipinski definition) is 3. The lowest BCUT2D eigenvalue weighted by Crippen LogP contribution is -2.30. The van der Waals surface area contributed by atoms with Gasteiger partial charge in [0.15, 0.2) is 0 Å². The van der Waals surface area contributed by atoms with Crippen LogP contribution in [0.25, 0.3) is 0 Å². The van der Waals surface area contributed by atoms with Gasteiger partial charge in [-0.3, -0.25) is 14.4 Å². The molecule has 1 unspecified atom stereocenters. The van der Waals surface area contributed by atoms with Crippen molar-refractivity contribution in [2.75, 3.05) is 6.54 Å². The highest BCUT2D eigenvalue weighted by Gasteiger charge is 2.17. The molecule has 120 valence electrons. The summed E-state index contributed by atoms with van der Waals surface area (Å²) in [5.41, 5.74) is 0.752. The number of aliphatic carboxylic acids is 1. The third kappa shape index (κ3) is 6.88. The van der Waals surface area contributed by atoms with Gasteiger partial charge in [0, 0.05) is 19.4 Å². The van der Waals surface area contributed by atoms with Crippen molar-refractivity contribution in [1.82, 2.24) is 10.6 Å². The Morgan fingerprint density at radius 2 is 1.73 bits per heavy atom. The van der Waals surface area contributed by atoms with Crippen LogP contribution in [0, 0.1) is 0 Å². The van der Waals surface area contributed by atoms with E-state index < -0.39 is 12.0 Å². The first-order chi connectivity index (χ1) is 10.5. The molecule has 0 heterocycles. The standard InChI is InChI=1S/C16H22N2O4/c1-2-17-14(19)9-6-10-15(20)18-13(11-16(21)22)12-7-4-3-5-8-12/h3-5,7-8,13H,2,6,9-11H2,1H3,(H,17,19)(H,18,20)(H,21,22). The largest absolute Gasteiger partial charge is 0.481 e. The number of carboxylic acid groups (broad SMARTS) is 1. The maximum atomic E-state index is 11.9. The number of nitrogens with one attached hydrogen (secondary N) is 2. The molecule has 22 heavy (non-hydrogen) atoms. The Bertz CT molecular complexity index is 502. The second-order valence-electron chi connectivity index (χ2n) is 4.94. The van der Waals surface area contributed by atoms with Crippen molar-refractivity contribution >= 4 is 17.8 Å². The minimum atomic E-state index is -0.975. The Hall–Kier alpha value is -2.37. The molecule has 0 fully saturated rings. The lowest BCUT2D eigenvalue weighted by molar-refractivity contribution is -0.137. The molecule has 1 aromatic rings. The van der Waals surface area contributed by atoms with E-state index in [1.54, 1.807) is 24.3 Å². The van der Waals surface area contributed by atoms with Crippen LogP contribution in [0.15, 0.2) is 30.3 Å². The van der Waals surface area contributed by atoms with Crippen molar-refractivity contribution in [1.29, 1.82) is 0 Å². The summed E-state index contributed by atoms with van der Waals surface area (Å²) in [6, 6.07) is 8.42. The maximum absolute atomic E-state index is 11.9. The number of carbonyl (C=O) groups is 3. The molecular weight excluding hydrogens is 284 g/mol. The van der Waals surface area contributed by atoms with Gasteiger partial charge in [-0.2, -0.15) is 0 Å². The average molecular weight is 306 g/mol. The van der Waals surface area contributed by atoms with Crippen molar-refractivity contribution in [3.05, 3.63) is 35.9 Å². The summed E-state index contributed by atoms with van der Waals surface area (Å²) >= 11 is 0. The van der Waals surface area contributed by atoms with E-state index in [9.17, 15) is 14.4 Å². The lowest BCUT2D eigenvalue weighted by atomic mass is 10.0. The Morgan fingerprint density at radius 3 is 2.32 bits per heavy atom. The summed E-state index contributed by atoms with van der Waals surface area (Å²) in [6.07, 6.45) is 0.745. The Labute approximate surface area is 129 Å². The van der Waals surface area contributed by atoms with Gasteiger partial charge >= 0.3 is 5.97 Å². The van der Waals surface area contributed by atoms with Crippen molar-refractivity contribution in [3.63, 3.8) is 0 Å². The van der Waals surface area contributed by atoms with E-state index in [4.69, 9.17) is 5.11 Å². The van der Waals surface area contributed by atoms with Crippen molar-refractivity contribution in [3.8, 4) is 0 Å². The highest BCUT2D eigenvalue weighted by atomic mass is 16.4. The van der Waals surface area contributed by atoms with Gasteiger partial charge in [-0.1, -0.05) is 30.3 Å². The van der Waals surface area contributed by atoms with E-state index >= 15 is 0 Å². The summed E-state index contributed by atoms with van der Waals surface area (Å²) in [5.74, 6) is -1.31. The second-order valence-corrected chi connectivity index (χ2v) is 4.94. The molecule has 6 heteroatoms. The number of benzene rings is 1. The molecule has 3 N–H and O–H groups in total. The van der Waals surface area contributed by atoms with Gasteiger partial charge < -0.3 is 15.7 Å². The average Bonchev–Trinajstić information content (AvgIpc) is 2.47. The first-order valence-electron chi connectivity index (χ1n) is 7.35. The maximum Gasteiger partial charge on any atom is 0.305 e. The van der Waals surface area contributed by atoms with Gasteiger partial charge in [-0.15, -0.1) is 0 Å². The number of rotatable bonds is 9. The van der Waals surface area contributed by atoms with Crippen LogP contribution in [0.1, 0.15) is 44.2 Å². The fourth-order valence-corrected chi connectivity index (χ4v) is 2.07. The SMILES string of the molecule is CCNC(=O)CCCC(=O)NC(CC(=O)O)c1ccccc1. The molecule has 0 saturated carbocycles. The first-order valence-corrected chi connectivity index (χ1v) is 7.35. The van der Waals surface area contributed by atoms with E-state index in [0.717, 1.165) is 5.56 Å². The minimum absolute atomic E-state index is 0.0829. The first kappa shape index (κ1) is 17.7. The molecule has 1 rings (SSSR count). The van der Waals surface area contributed by atoms with Crippen molar-refractivity contribution in [2.45, 2.75) is 38.6 Å². The molecule has 0 radical (unpaired) electrons. The van der Waals surface area contributed by atoms with Gasteiger partial charge in [-0.25, -0.2) is 0 Å². The fourth-order valence-electron chi connectivity index (χ4n) is 2.07. The Morgan fingerprint density at radius 1 is 1.09 bits per heavy atom. The molecule has 0 bridgehead atoms. The van der Waals surface area contributed by atoms with Crippen molar-refractivity contribution < 1.29 is 19.5 Å². The van der Waals surface area contributed by atoms with Gasteiger partial charge in [0.25, 0.3) is 0 Å². The Balaban J connectivity index is 2.50. The van der Waals surface area contributed by atoms with Gasteiger partial charge in [0.1, 0.15) is 0 Å². The van der Waals surface area contributed by atoms with Gasteiger partial charge in [0.05, 0.1) is 12.5 Å². The zero-order chi connectivity index (χ0) is 16.4. The minimum Gasteiger partial charge on any atom is -0.481 e. The predicted octanol–water partition coefficient (Wildman–Crippen LogP) is 1.62. The van der Waals surface area contributed by atoms with Crippen LogP contribution in [0.2, 0.25) is 0 Å². The molecular formula is C16H22N2O4. The van der Waals surface area contributed by atoms with Crippen LogP contribution < -0.4 is 10.6 Å². The number of amides is 2. The zero-order valence-electron chi connectivity index (χ0n) is 12.7. The summed E-state index contributed by atoms with van der Waals surface area (Å²) in [4.78, 5) is 34.1. The summed E-state index contributed by atoms with van der Waals surface area (Å²) < 4.78 is 0. The molecule has 0 aliphatic rings. The van der Waals surface area contributed by atoms with Gasteiger partial charge in [-0.05, 0) is 18.9 Å². The summed E-state index contributed by atoms with van der Waals surface area (Å²) in [5, 5.41) is 14.3. The van der Waals surface area contributed by atoms with Crippen LogP contribution in [0.3, 0.4) is 0 Å². The zero-order valence-corrected chi connectivity index (χ0v) is 12.7. The Kier molecular flexibility index (Phi) is 7.67. The van der Waals surface area contributed by atoms with E-state index in [0.29, 0.717) is 13.0 Å². The molecule has 1 aromatic carbocycles. The smallest absolute Gasteiger partial charge is 0.305 e. The molecule has 0 spiro atoms. The van der Waals surface area contributed by atoms with Crippen LogP contribution >= 0.6 is 0 Å². The molecule has 2 amide bonds. The lowest BCUT2D eigenvalue weighted by Gasteiger charge is -2.17. The third-order valence-corrected chi connectivity index (χ3v) is 3.10. The summed E-state index contributed by atoms with van der Waals surface area (Å²) in [6.45, 7) is 2.40. The van der Waals surface area contributed by atoms with Gasteiger partial charge in [0.2, 0.25) is 11.8 Å². The van der Waals surface area contributed by atoms with Crippen LogP contribution in [0.5, 0.6) is 0 Å². The molecule has 0 aliphatic heterocycles.